The molecule has 0 aliphatic carbocycles. The Hall–Kier alpha value is -2.77. The van der Waals surface area contributed by atoms with E-state index in [0.29, 0.717) is 18.3 Å². The first kappa shape index (κ1) is 18.0. The standard InChI is InChI=1S/C18H24N6O2/c1-13(25)20-11-16-12-21-15(10-22-16)9-14-3-6-24(7-4-14)18(26)17-19-5-8-23(17)2/h5,8,10,12,14H,3-4,6-7,9,11H2,1-2H3,(H,20,25). The van der Waals surface area contributed by atoms with Crippen LogP contribution in [0, 0.1) is 5.92 Å². The highest BCUT2D eigenvalue weighted by Crippen LogP contribution is 2.21. The summed E-state index contributed by atoms with van der Waals surface area (Å²) >= 11 is 0. The Balaban J connectivity index is 1.49. The van der Waals surface area contributed by atoms with Gasteiger partial charge in [0.25, 0.3) is 5.91 Å². The molecule has 2 amide bonds. The number of likely N-dealkylation sites (tertiary alicyclic amines) is 1. The van der Waals surface area contributed by atoms with Crippen molar-refractivity contribution in [2.45, 2.75) is 32.7 Å². The third-order valence-corrected chi connectivity index (χ3v) is 4.69. The molecule has 8 heteroatoms. The molecule has 0 aromatic carbocycles. The maximum Gasteiger partial charge on any atom is 0.289 e. The number of nitrogens with one attached hydrogen (secondary N) is 1. The van der Waals surface area contributed by atoms with Crippen LogP contribution in [-0.2, 0) is 24.8 Å². The second kappa shape index (κ2) is 8.07. The van der Waals surface area contributed by atoms with Gasteiger partial charge >= 0.3 is 0 Å². The Morgan fingerprint density at radius 2 is 1.85 bits per heavy atom. The van der Waals surface area contributed by atoms with Gasteiger partial charge in [0.1, 0.15) is 0 Å². The first-order chi connectivity index (χ1) is 12.5. The number of aryl methyl sites for hydroxylation is 1. The van der Waals surface area contributed by atoms with Crippen molar-refractivity contribution in [1.29, 1.82) is 0 Å². The minimum Gasteiger partial charge on any atom is -0.351 e. The maximum atomic E-state index is 12.5. The van der Waals surface area contributed by atoms with Crippen LogP contribution in [0.5, 0.6) is 0 Å². The van der Waals surface area contributed by atoms with Crippen molar-refractivity contribution in [3.05, 3.63) is 42.0 Å². The quantitative estimate of drug-likeness (QED) is 0.861. The molecule has 3 heterocycles. The highest BCUT2D eigenvalue weighted by Gasteiger charge is 2.26. The summed E-state index contributed by atoms with van der Waals surface area (Å²) < 4.78 is 1.76. The molecule has 2 aromatic rings. The van der Waals surface area contributed by atoms with Gasteiger partial charge in [0.05, 0.1) is 24.1 Å². The molecule has 0 radical (unpaired) electrons. The van der Waals surface area contributed by atoms with Gasteiger partial charge < -0.3 is 14.8 Å². The van der Waals surface area contributed by atoms with Gasteiger partial charge in [0.2, 0.25) is 5.91 Å². The summed E-state index contributed by atoms with van der Waals surface area (Å²) in [5.74, 6) is 0.904. The zero-order chi connectivity index (χ0) is 18.5. The van der Waals surface area contributed by atoms with E-state index in [2.05, 4.69) is 20.3 Å². The number of hydrogen-bond acceptors (Lipinski definition) is 5. The Bertz CT molecular complexity index is 762. The zero-order valence-electron chi connectivity index (χ0n) is 15.2. The van der Waals surface area contributed by atoms with E-state index in [0.717, 1.165) is 43.7 Å². The summed E-state index contributed by atoms with van der Waals surface area (Å²) in [6.45, 7) is 3.36. The van der Waals surface area contributed by atoms with Crippen LogP contribution >= 0.6 is 0 Å². The van der Waals surface area contributed by atoms with Crippen molar-refractivity contribution < 1.29 is 9.59 Å². The van der Waals surface area contributed by atoms with Gasteiger partial charge in [0.15, 0.2) is 5.82 Å². The predicted molar refractivity (Wildman–Crippen MR) is 95.1 cm³/mol. The molecule has 0 spiro atoms. The maximum absolute atomic E-state index is 12.5. The number of carbonyl (C=O) groups excluding carboxylic acids is 2. The number of carbonyl (C=O) groups is 2. The fraction of sp³-hybridized carbons (Fsp3) is 0.500. The molecule has 3 rings (SSSR count). The van der Waals surface area contributed by atoms with Crippen LogP contribution in [0.25, 0.3) is 0 Å². The largest absolute Gasteiger partial charge is 0.351 e. The molecule has 1 N–H and O–H groups in total. The highest BCUT2D eigenvalue weighted by molar-refractivity contribution is 5.90. The third kappa shape index (κ3) is 4.44. The summed E-state index contributed by atoms with van der Waals surface area (Å²) in [7, 11) is 1.83. The molecule has 2 aromatic heterocycles. The van der Waals surface area contributed by atoms with Crippen LogP contribution in [0.15, 0.2) is 24.8 Å². The summed E-state index contributed by atoms with van der Waals surface area (Å²) in [6.07, 6.45) is 9.69. The average molecular weight is 356 g/mol. The minimum atomic E-state index is -0.0808. The predicted octanol–water partition coefficient (Wildman–Crippen LogP) is 0.941. The lowest BCUT2D eigenvalue weighted by Gasteiger charge is -2.31. The fourth-order valence-electron chi connectivity index (χ4n) is 3.14. The molecule has 0 bridgehead atoms. The van der Waals surface area contributed by atoms with E-state index >= 15 is 0 Å². The van der Waals surface area contributed by atoms with E-state index in [1.165, 1.54) is 6.92 Å². The number of nitrogens with zero attached hydrogens (tertiary/aromatic N) is 5. The summed E-state index contributed by atoms with van der Waals surface area (Å²) in [6, 6.07) is 0. The normalized spacial score (nSPS) is 15.1. The van der Waals surface area contributed by atoms with Crippen molar-refractivity contribution >= 4 is 11.8 Å². The Morgan fingerprint density at radius 3 is 2.42 bits per heavy atom. The van der Waals surface area contributed by atoms with Crippen LogP contribution in [0.3, 0.4) is 0 Å². The van der Waals surface area contributed by atoms with Crippen molar-refractivity contribution in [3.63, 3.8) is 0 Å². The van der Waals surface area contributed by atoms with Gasteiger partial charge in [-0.15, -0.1) is 0 Å². The topological polar surface area (TPSA) is 93.0 Å². The number of imidazole rings is 1. The van der Waals surface area contributed by atoms with Crippen molar-refractivity contribution in [3.8, 4) is 0 Å². The number of amides is 2. The first-order valence-corrected chi connectivity index (χ1v) is 8.83. The molecule has 0 saturated carbocycles. The highest BCUT2D eigenvalue weighted by atomic mass is 16.2. The lowest BCUT2D eigenvalue weighted by Crippen LogP contribution is -2.40. The molecule has 1 aliphatic heterocycles. The third-order valence-electron chi connectivity index (χ3n) is 4.69. The SMILES string of the molecule is CC(=O)NCc1cnc(CC2CCN(C(=O)c3nccn3C)CC2)cn1. The van der Waals surface area contributed by atoms with Gasteiger partial charge in [-0.05, 0) is 25.2 Å². The number of rotatable bonds is 5. The Morgan fingerprint density at radius 1 is 1.15 bits per heavy atom. The van der Waals surface area contributed by atoms with Crippen LogP contribution in [0.1, 0.15) is 41.8 Å². The van der Waals surface area contributed by atoms with Crippen molar-refractivity contribution in [1.82, 2.24) is 29.7 Å². The lowest BCUT2D eigenvalue weighted by atomic mass is 9.92. The van der Waals surface area contributed by atoms with E-state index in [9.17, 15) is 9.59 Å². The minimum absolute atomic E-state index is 0.00179. The molecule has 0 unspecified atom stereocenters. The van der Waals surface area contributed by atoms with Gasteiger partial charge in [0, 0.05) is 45.7 Å². The van der Waals surface area contributed by atoms with E-state index in [4.69, 9.17) is 0 Å². The first-order valence-electron chi connectivity index (χ1n) is 8.83. The molecule has 1 aliphatic rings. The molecule has 1 fully saturated rings. The molecular formula is C18H24N6O2. The molecule has 8 nitrogen and oxygen atoms in total. The molecule has 138 valence electrons. The monoisotopic (exact) mass is 356 g/mol. The lowest BCUT2D eigenvalue weighted by molar-refractivity contribution is -0.119. The second-order valence-corrected chi connectivity index (χ2v) is 6.71. The van der Waals surface area contributed by atoms with Crippen LogP contribution in [0.4, 0.5) is 0 Å². The number of aromatic nitrogens is 4. The molecule has 26 heavy (non-hydrogen) atoms. The second-order valence-electron chi connectivity index (χ2n) is 6.71. The fourth-order valence-corrected chi connectivity index (χ4v) is 3.14. The van der Waals surface area contributed by atoms with Gasteiger partial charge in [-0.3, -0.25) is 19.6 Å². The Labute approximate surface area is 152 Å². The van der Waals surface area contributed by atoms with Crippen molar-refractivity contribution in [2.24, 2.45) is 13.0 Å². The van der Waals surface area contributed by atoms with E-state index in [1.54, 1.807) is 29.4 Å². The van der Waals surface area contributed by atoms with Crippen LogP contribution < -0.4 is 5.32 Å². The van der Waals surface area contributed by atoms with E-state index < -0.39 is 0 Å². The van der Waals surface area contributed by atoms with Crippen molar-refractivity contribution in [2.75, 3.05) is 13.1 Å². The molecule has 0 atom stereocenters. The smallest absolute Gasteiger partial charge is 0.289 e. The van der Waals surface area contributed by atoms with Crippen LogP contribution in [-0.4, -0.2) is 49.3 Å². The zero-order valence-corrected chi connectivity index (χ0v) is 15.2. The summed E-state index contributed by atoms with van der Waals surface area (Å²) in [5, 5.41) is 2.71. The molecule has 1 saturated heterocycles. The van der Waals surface area contributed by atoms with E-state index in [1.807, 2.05) is 11.9 Å². The van der Waals surface area contributed by atoms with Gasteiger partial charge in [-0.1, -0.05) is 0 Å². The summed E-state index contributed by atoms with van der Waals surface area (Å²) in [5.41, 5.74) is 1.70. The molecular weight excluding hydrogens is 332 g/mol. The number of hydrogen-bond donors (Lipinski definition) is 1. The van der Waals surface area contributed by atoms with E-state index in [-0.39, 0.29) is 11.8 Å². The number of piperidine rings is 1. The van der Waals surface area contributed by atoms with Gasteiger partial charge in [-0.25, -0.2) is 4.98 Å². The van der Waals surface area contributed by atoms with Crippen LogP contribution in [0.2, 0.25) is 0 Å². The van der Waals surface area contributed by atoms with Gasteiger partial charge in [-0.2, -0.15) is 0 Å². The Kier molecular flexibility index (Phi) is 5.60. The average Bonchev–Trinajstić information content (AvgIpc) is 3.07. The summed E-state index contributed by atoms with van der Waals surface area (Å²) in [4.78, 5) is 38.2.